The number of esters is 1. The van der Waals surface area contributed by atoms with Crippen LogP contribution in [0.25, 0.3) is 11.3 Å². The molecule has 138 valence electrons. The molecule has 2 aromatic carbocycles. The van der Waals surface area contributed by atoms with Gasteiger partial charge in [-0.1, -0.05) is 23.7 Å². The highest BCUT2D eigenvalue weighted by Gasteiger charge is 2.17. The summed E-state index contributed by atoms with van der Waals surface area (Å²) in [4.78, 5) is 28.6. The summed E-state index contributed by atoms with van der Waals surface area (Å²) < 4.78 is 4.79. The Morgan fingerprint density at radius 2 is 1.78 bits per heavy atom. The van der Waals surface area contributed by atoms with Crippen molar-refractivity contribution in [3.05, 3.63) is 64.0 Å². The smallest absolute Gasteiger partial charge is 0.310 e. The zero-order valence-electron chi connectivity index (χ0n) is 14.8. The summed E-state index contributed by atoms with van der Waals surface area (Å²) in [6, 6.07) is 14.5. The van der Waals surface area contributed by atoms with Crippen LogP contribution in [0.2, 0.25) is 5.02 Å². The normalized spacial score (nSPS) is 10.5. The average Bonchev–Trinajstić information content (AvgIpc) is 3.04. The topological polar surface area (TPSA) is 68.3 Å². The minimum absolute atomic E-state index is 0.0150. The van der Waals surface area contributed by atoms with Crippen LogP contribution in [0.5, 0.6) is 0 Å². The standard InChI is InChI=1S/C20H17ClN2O3S/c1-12(24)13-5-9-16(10-6-13)22-20-23-19(14-3-7-15(21)8-4-14)17(27-20)11-18(25)26-2/h3-10H,11H2,1-2H3,(H,22,23). The Morgan fingerprint density at radius 3 is 2.37 bits per heavy atom. The molecule has 0 saturated heterocycles. The lowest BCUT2D eigenvalue weighted by atomic mass is 10.1. The molecule has 0 aliphatic heterocycles. The van der Waals surface area contributed by atoms with Crippen molar-refractivity contribution in [3.8, 4) is 11.3 Å². The summed E-state index contributed by atoms with van der Waals surface area (Å²) in [6.45, 7) is 1.53. The summed E-state index contributed by atoms with van der Waals surface area (Å²) in [5.41, 5.74) is 3.04. The van der Waals surface area contributed by atoms with Crippen molar-refractivity contribution in [2.75, 3.05) is 12.4 Å². The van der Waals surface area contributed by atoms with Crippen LogP contribution in [0.1, 0.15) is 22.2 Å². The number of aromatic nitrogens is 1. The highest BCUT2D eigenvalue weighted by molar-refractivity contribution is 7.16. The van der Waals surface area contributed by atoms with Gasteiger partial charge in [0.25, 0.3) is 0 Å². The minimum atomic E-state index is -0.328. The van der Waals surface area contributed by atoms with Gasteiger partial charge in [-0.05, 0) is 43.3 Å². The van der Waals surface area contributed by atoms with E-state index < -0.39 is 0 Å². The third-order valence-corrected chi connectivity index (χ3v) is 5.11. The first-order valence-electron chi connectivity index (χ1n) is 8.16. The van der Waals surface area contributed by atoms with Gasteiger partial charge in [-0.25, -0.2) is 4.98 Å². The van der Waals surface area contributed by atoms with Crippen molar-refractivity contribution < 1.29 is 14.3 Å². The van der Waals surface area contributed by atoms with E-state index >= 15 is 0 Å². The predicted octanol–water partition coefficient (Wildman–Crippen LogP) is 5.13. The number of benzene rings is 2. The Balaban J connectivity index is 1.91. The maximum atomic E-state index is 11.8. The number of methoxy groups -OCH3 is 1. The quantitative estimate of drug-likeness (QED) is 0.459. The molecule has 0 radical (unpaired) electrons. The molecule has 0 unspecified atom stereocenters. The molecule has 1 heterocycles. The number of carbonyl (C=O) groups is 2. The van der Waals surface area contributed by atoms with Crippen LogP contribution in [0.4, 0.5) is 10.8 Å². The van der Waals surface area contributed by atoms with Crippen LogP contribution in [0.3, 0.4) is 0 Å². The molecule has 0 fully saturated rings. The number of nitrogens with zero attached hydrogens (tertiary/aromatic N) is 1. The largest absolute Gasteiger partial charge is 0.469 e. The number of anilines is 2. The fourth-order valence-electron chi connectivity index (χ4n) is 2.47. The molecule has 27 heavy (non-hydrogen) atoms. The van der Waals surface area contributed by atoms with E-state index in [0.29, 0.717) is 21.4 Å². The molecule has 1 aromatic heterocycles. The third-order valence-electron chi connectivity index (χ3n) is 3.89. The van der Waals surface area contributed by atoms with Crippen LogP contribution < -0.4 is 5.32 Å². The first-order chi connectivity index (χ1) is 13.0. The molecular weight excluding hydrogens is 384 g/mol. The Kier molecular flexibility index (Phi) is 5.88. The molecule has 0 spiro atoms. The van der Waals surface area contributed by atoms with Gasteiger partial charge in [0.05, 0.1) is 19.2 Å². The van der Waals surface area contributed by atoms with Crippen LogP contribution in [0.15, 0.2) is 48.5 Å². The molecule has 3 aromatic rings. The Labute approximate surface area is 166 Å². The second-order valence-electron chi connectivity index (χ2n) is 5.81. The van der Waals surface area contributed by atoms with E-state index in [2.05, 4.69) is 10.3 Å². The number of nitrogens with one attached hydrogen (secondary N) is 1. The zero-order valence-corrected chi connectivity index (χ0v) is 16.4. The molecular formula is C20H17ClN2O3S. The molecule has 0 aliphatic rings. The van der Waals surface area contributed by atoms with Crippen LogP contribution >= 0.6 is 22.9 Å². The molecule has 0 atom stereocenters. The highest BCUT2D eigenvalue weighted by Crippen LogP contribution is 2.34. The van der Waals surface area contributed by atoms with Gasteiger partial charge in [0, 0.05) is 26.7 Å². The molecule has 5 nitrogen and oxygen atoms in total. The van der Waals surface area contributed by atoms with Crippen molar-refractivity contribution in [3.63, 3.8) is 0 Å². The molecule has 0 amide bonds. The van der Waals surface area contributed by atoms with E-state index in [9.17, 15) is 9.59 Å². The van der Waals surface area contributed by atoms with Gasteiger partial charge in [0.1, 0.15) is 0 Å². The molecule has 3 rings (SSSR count). The number of Topliss-reactive ketones (excluding diaryl/α,β-unsaturated/α-hetero) is 1. The molecule has 0 bridgehead atoms. The van der Waals surface area contributed by atoms with E-state index in [0.717, 1.165) is 16.1 Å². The summed E-state index contributed by atoms with van der Waals surface area (Å²) in [5, 5.41) is 4.50. The minimum Gasteiger partial charge on any atom is -0.469 e. The van der Waals surface area contributed by atoms with Crippen molar-refractivity contribution in [2.24, 2.45) is 0 Å². The first-order valence-corrected chi connectivity index (χ1v) is 9.36. The summed E-state index contributed by atoms with van der Waals surface area (Å²) >= 11 is 7.35. The van der Waals surface area contributed by atoms with Crippen molar-refractivity contribution >= 4 is 45.5 Å². The van der Waals surface area contributed by atoms with E-state index in [1.165, 1.54) is 25.4 Å². The Bertz CT molecular complexity index is 966. The lowest BCUT2D eigenvalue weighted by Gasteiger charge is -2.03. The third kappa shape index (κ3) is 4.72. The van der Waals surface area contributed by atoms with Gasteiger partial charge >= 0.3 is 5.97 Å². The first kappa shape index (κ1) is 19.1. The SMILES string of the molecule is COC(=O)Cc1sc(Nc2ccc(C(C)=O)cc2)nc1-c1ccc(Cl)cc1. The van der Waals surface area contributed by atoms with Gasteiger partial charge in [-0.2, -0.15) is 0 Å². The number of ketones is 1. The maximum Gasteiger partial charge on any atom is 0.310 e. The van der Waals surface area contributed by atoms with Gasteiger partial charge in [0.15, 0.2) is 10.9 Å². The zero-order chi connectivity index (χ0) is 19.4. The van der Waals surface area contributed by atoms with Gasteiger partial charge in [-0.15, -0.1) is 11.3 Å². The van der Waals surface area contributed by atoms with Crippen molar-refractivity contribution in [1.82, 2.24) is 4.98 Å². The fourth-order valence-corrected chi connectivity index (χ4v) is 3.59. The van der Waals surface area contributed by atoms with Crippen LogP contribution in [-0.2, 0) is 16.0 Å². The summed E-state index contributed by atoms with van der Waals surface area (Å²) in [7, 11) is 1.36. The lowest BCUT2D eigenvalue weighted by Crippen LogP contribution is -2.03. The van der Waals surface area contributed by atoms with Crippen LogP contribution in [-0.4, -0.2) is 23.8 Å². The second-order valence-corrected chi connectivity index (χ2v) is 7.33. The molecule has 7 heteroatoms. The van der Waals surface area contributed by atoms with E-state index in [1.807, 2.05) is 24.3 Å². The van der Waals surface area contributed by atoms with Gasteiger partial charge in [0.2, 0.25) is 0 Å². The van der Waals surface area contributed by atoms with E-state index in [1.54, 1.807) is 24.3 Å². The Morgan fingerprint density at radius 1 is 1.11 bits per heavy atom. The molecule has 0 saturated carbocycles. The summed E-state index contributed by atoms with van der Waals surface area (Å²) in [5.74, 6) is -0.313. The number of halogens is 1. The van der Waals surface area contributed by atoms with E-state index in [4.69, 9.17) is 16.3 Å². The van der Waals surface area contributed by atoms with Gasteiger partial charge in [-0.3, -0.25) is 9.59 Å². The number of carbonyl (C=O) groups excluding carboxylic acids is 2. The Hall–Kier alpha value is -2.70. The van der Waals surface area contributed by atoms with Gasteiger partial charge < -0.3 is 10.1 Å². The summed E-state index contributed by atoms with van der Waals surface area (Å²) in [6.07, 6.45) is 0.136. The number of thiazole rings is 1. The number of hydrogen-bond acceptors (Lipinski definition) is 6. The second kappa shape index (κ2) is 8.33. The number of rotatable bonds is 6. The number of ether oxygens (including phenoxy) is 1. The predicted molar refractivity (Wildman–Crippen MR) is 108 cm³/mol. The monoisotopic (exact) mass is 400 g/mol. The van der Waals surface area contributed by atoms with Crippen molar-refractivity contribution in [2.45, 2.75) is 13.3 Å². The molecule has 1 N–H and O–H groups in total. The fraction of sp³-hybridized carbons (Fsp3) is 0.150. The van der Waals surface area contributed by atoms with E-state index in [-0.39, 0.29) is 18.2 Å². The molecule has 0 aliphatic carbocycles. The average molecular weight is 401 g/mol. The lowest BCUT2D eigenvalue weighted by molar-refractivity contribution is -0.139. The number of hydrogen-bond donors (Lipinski definition) is 1. The maximum absolute atomic E-state index is 11.8. The van der Waals surface area contributed by atoms with Crippen molar-refractivity contribution in [1.29, 1.82) is 0 Å². The highest BCUT2D eigenvalue weighted by atomic mass is 35.5. The van der Waals surface area contributed by atoms with Crippen LogP contribution in [0, 0.1) is 0 Å².